The molecule has 4 N–H and O–H groups in total. The molecule has 126 valence electrons. The van der Waals surface area contributed by atoms with Gasteiger partial charge >= 0.3 is 0 Å². The van der Waals surface area contributed by atoms with E-state index in [1.165, 1.54) is 30.3 Å². The first-order valence-corrected chi connectivity index (χ1v) is 7.66. The zero-order valence-electron chi connectivity index (χ0n) is 12.4. The molecule has 0 aromatic heterocycles. The van der Waals surface area contributed by atoms with Crippen LogP contribution in [0.25, 0.3) is 0 Å². The molecule has 0 fully saturated rings. The van der Waals surface area contributed by atoms with E-state index in [2.05, 4.69) is 10.6 Å². The zero-order chi connectivity index (χ0) is 17.7. The van der Waals surface area contributed by atoms with Crippen LogP contribution in [0.3, 0.4) is 0 Å². The minimum Gasteiger partial charge on any atom is -0.396 e. The number of carbonyl (C=O) groups excluding carboxylic acids is 2. The number of anilines is 2. The third-order valence-electron chi connectivity index (χ3n) is 3.06. The van der Waals surface area contributed by atoms with E-state index in [-0.39, 0.29) is 28.7 Å². The van der Waals surface area contributed by atoms with E-state index in [9.17, 15) is 14.0 Å². The van der Waals surface area contributed by atoms with Crippen molar-refractivity contribution in [3.8, 4) is 0 Å². The molecule has 0 radical (unpaired) electrons. The van der Waals surface area contributed by atoms with Crippen molar-refractivity contribution in [2.24, 2.45) is 0 Å². The van der Waals surface area contributed by atoms with Crippen LogP contribution in [-0.4, -0.2) is 18.4 Å². The van der Waals surface area contributed by atoms with Crippen molar-refractivity contribution in [2.45, 2.75) is 6.42 Å². The quantitative estimate of drug-likeness (QED) is 0.708. The zero-order valence-corrected chi connectivity index (χ0v) is 13.9. The molecule has 0 spiro atoms. The molecule has 2 amide bonds. The molecule has 0 bridgehead atoms. The van der Waals surface area contributed by atoms with Crippen molar-refractivity contribution in [3.63, 3.8) is 0 Å². The number of halogens is 3. The summed E-state index contributed by atoms with van der Waals surface area (Å²) in [4.78, 5) is 23.6. The van der Waals surface area contributed by atoms with Crippen LogP contribution in [0, 0.1) is 5.82 Å². The van der Waals surface area contributed by atoms with Gasteiger partial charge in [0.15, 0.2) is 0 Å². The molecule has 0 unspecified atom stereocenters. The average molecular weight is 370 g/mol. The van der Waals surface area contributed by atoms with Gasteiger partial charge in [-0.2, -0.15) is 0 Å². The van der Waals surface area contributed by atoms with Gasteiger partial charge in [-0.1, -0.05) is 35.3 Å². The standard InChI is InChI=1S/C16H14Cl2FN3O2/c17-12-6-11(7-13(18)16(12)20)22-15(24)8-21-14(23)5-9-2-1-3-10(19)4-9/h1-4,6-7H,5,8,20H2,(H,21,23)(H,22,24). The van der Waals surface area contributed by atoms with Gasteiger partial charge in [0.2, 0.25) is 11.8 Å². The molecular weight excluding hydrogens is 356 g/mol. The summed E-state index contributed by atoms with van der Waals surface area (Å²) < 4.78 is 13.0. The van der Waals surface area contributed by atoms with Gasteiger partial charge in [0.1, 0.15) is 5.82 Å². The van der Waals surface area contributed by atoms with Crippen LogP contribution in [-0.2, 0) is 16.0 Å². The molecule has 2 aromatic carbocycles. The summed E-state index contributed by atoms with van der Waals surface area (Å²) in [5, 5.41) is 5.42. The number of rotatable bonds is 5. The van der Waals surface area contributed by atoms with E-state index < -0.39 is 17.6 Å². The molecule has 2 aromatic rings. The highest BCUT2D eigenvalue weighted by atomic mass is 35.5. The summed E-state index contributed by atoms with van der Waals surface area (Å²) in [6.07, 6.45) is -0.0232. The summed E-state index contributed by atoms with van der Waals surface area (Å²) in [5.74, 6) is -1.28. The van der Waals surface area contributed by atoms with Gasteiger partial charge in [-0.3, -0.25) is 9.59 Å². The van der Waals surface area contributed by atoms with E-state index >= 15 is 0 Å². The monoisotopic (exact) mass is 369 g/mol. The third-order valence-corrected chi connectivity index (χ3v) is 3.69. The number of amides is 2. The van der Waals surface area contributed by atoms with E-state index in [0.29, 0.717) is 11.3 Å². The number of hydrogen-bond acceptors (Lipinski definition) is 3. The fourth-order valence-corrected chi connectivity index (χ4v) is 2.42. The maximum atomic E-state index is 13.0. The lowest BCUT2D eigenvalue weighted by Gasteiger charge is -2.09. The second kappa shape index (κ2) is 7.99. The highest BCUT2D eigenvalue weighted by Crippen LogP contribution is 2.30. The third kappa shape index (κ3) is 5.11. The molecule has 8 heteroatoms. The van der Waals surface area contributed by atoms with Crippen molar-refractivity contribution in [2.75, 3.05) is 17.6 Å². The fourth-order valence-electron chi connectivity index (χ4n) is 1.94. The lowest BCUT2D eigenvalue weighted by Crippen LogP contribution is -2.33. The summed E-state index contributed by atoms with van der Waals surface area (Å²) in [6.45, 7) is -0.242. The van der Waals surface area contributed by atoms with Crippen LogP contribution in [0.15, 0.2) is 36.4 Å². The van der Waals surface area contributed by atoms with Crippen LogP contribution >= 0.6 is 23.2 Å². The molecular formula is C16H14Cl2FN3O2. The Morgan fingerprint density at radius 3 is 2.38 bits per heavy atom. The van der Waals surface area contributed by atoms with Crippen molar-refractivity contribution in [3.05, 3.63) is 57.8 Å². The topological polar surface area (TPSA) is 84.2 Å². The molecule has 0 saturated heterocycles. The molecule has 0 saturated carbocycles. The van der Waals surface area contributed by atoms with Crippen LogP contribution in [0.4, 0.5) is 15.8 Å². The smallest absolute Gasteiger partial charge is 0.243 e. The highest BCUT2D eigenvalue weighted by molar-refractivity contribution is 6.39. The summed E-state index contributed by atoms with van der Waals surface area (Å²) in [7, 11) is 0. The van der Waals surface area contributed by atoms with E-state index in [0.717, 1.165) is 0 Å². The van der Waals surface area contributed by atoms with Gasteiger partial charge in [0, 0.05) is 5.69 Å². The van der Waals surface area contributed by atoms with Crippen LogP contribution in [0.2, 0.25) is 10.0 Å². The Balaban J connectivity index is 1.86. The lowest BCUT2D eigenvalue weighted by molar-refractivity contribution is -0.123. The molecule has 0 aliphatic carbocycles. The van der Waals surface area contributed by atoms with E-state index in [1.807, 2.05) is 0 Å². The Hall–Kier alpha value is -2.31. The Morgan fingerprint density at radius 1 is 1.08 bits per heavy atom. The Bertz CT molecular complexity index is 761. The minimum absolute atomic E-state index is 0.0232. The van der Waals surface area contributed by atoms with E-state index in [1.54, 1.807) is 6.07 Å². The largest absolute Gasteiger partial charge is 0.396 e. The molecule has 0 heterocycles. The van der Waals surface area contributed by atoms with Gasteiger partial charge in [0.05, 0.1) is 28.7 Å². The van der Waals surface area contributed by atoms with Gasteiger partial charge in [-0.05, 0) is 29.8 Å². The Kier molecular flexibility index (Phi) is 6.00. The predicted molar refractivity (Wildman–Crippen MR) is 92.6 cm³/mol. The molecule has 0 aliphatic rings. The molecule has 0 atom stereocenters. The first-order valence-electron chi connectivity index (χ1n) is 6.90. The maximum Gasteiger partial charge on any atom is 0.243 e. The molecule has 0 aliphatic heterocycles. The van der Waals surface area contributed by atoms with E-state index in [4.69, 9.17) is 28.9 Å². The number of nitrogen functional groups attached to an aromatic ring is 1. The van der Waals surface area contributed by atoms with Crippen molar-refractivity contribution < 1.29 is 14.0 Å². The van der Waals surface area contributed by atoms with Crippen molar-refractivity contribution in [1.29, 1.82) is 0 Å². The first kappa shape index (κ1) is 18.0. The second-order valence-electron chi connectivity index (χ2n) is 4.99. The Labute approximate surface area is 147 Å². The van der Waals surface area contributed by atoms with Crippen molar-refractivity contribution in [1.82, 2.24) is 5.32 Å². The van der Waals surface area contributed by atoms with Crippen molar-refractivity contribution >= 4 is 46.4 Å². The maximum absolute atomic E-state index is 13.0. The van der Waals surface area contributed by atoms with Crippen LogP contribution < -0.4 is 16.4 Å². The summed E-state index contributed by atoms with van der Waals surface area (Å²) in [6, 6.07) is 8.60. The first-order chi connectivity index (χ1) is 11.3. The predicted octanol–water partition coefficient (Wildman–Crippen LogP) is 3.01. The average Bonchev–Trinajstić information content (AvgIpc) is 2.50. The molecule has 2 rings (SSSR count). The number of hydrogen-bond donors (Lipinski definition) is 3. The van der Waals surface area contributed by atoms with Gasteiger partial charge in [0.25, 0.3) is 0 Å². The molecule has 24 heavy (non-hydrogen) atoms. The van der Waals surface area contributed by atoms with Gasteiger partial charge in [-0.25, -0.2) is 4.39 Å². The second-order valence-corrected chi connectivity index (χ2v) is 5.80. The lowest BCUT2D eigenvalue weighted by atomic mass is 10.1. The van der Waals surface area contributed by atoms with Crippen LogP contribution in [0.1, 0.15) is 5.56 Å². The van der Waals surface area contributed by atoms with Crippen LogP contribution in [0.5, 0.6) is 0 Å². The Morgan fingerprint density at radius 2 is 1.75 bits per heavy atom. The number of nitrogens with two attached hydrogens (primary N) is 1. The SMILES string of the molecule is Nc1c(Cl)cc(NC(=O)CNC(=O)Cc2cccc(F)c2)cc1Cl. The highest BCUT2D eigenvalue weighted by Gasteiger charge is 2.10. The fraction of sp³-hybridized carbons (Fsp3) is 0.125. The normalized spacial score (nSPS) is 10.3. The number of benzene rings is 2. The van der Waals surface area contributed by atoms with Gasteiger partial charge in [-0.15, -0.1) is 0 Å². The summed E-state index contributed by atoms with van der Waals surface area (Å²) in [5.41, 5.74) is 6.71. The minimum atomic E-state index is -0.459. The molecule has 5 nitrogen and oxygen atoms in total. The summed E-state index contributed by atoms with van der Waals surface area (Å²) >= 11 is 11.7. The number of carbonyl (C=O) groups is 2. The van der Waals surface area contributed by atoms with Gasteiger partial charge < -0.3 is 16.4 Å². The number of nitrogens with one attached hydrogen (secondary N) is 2.